The van der Waals surface area contributed by atoms with Crippen molar-refractivity contribution in [2.45, 2.75) is 13.1 Å². The molecule has 2 aromatic rings. The topological polar surface area (TPSA) is 43.0 Å². The standard InChI is InChI=1S/C12H17N3/c1-14-8-11-6-10-5-9(7-13)3-4-12(10)15(11)2/h3-6,14H,7-8,13H2,1-2H3. The zero-order valence-corrected chi connectivity index (χ0v) is 9.25. The van der Waals surface area contributed by atoms with Crippen LogP contribution in [0.25, 0.3) is 10.9 Å². The average Bonchev–Trinajstić information content (AvgIpc) is 2.56. The number of benzene rings is 1. The van der Waals surface area contributed by atoms with Gasteiger partial charge in [-0.25, -0.2) is 0 Å². The Bertz CT molecular complexity index is 471. The third-order valence-electron chi connectivity index (χ3n) is 2.80. The van der Waals surface area contributed by atoms with Crippen molar-refractivity contribution in [3.8, 4) is 0 Å². The number of nitrogens with two attached hydrogens (primary N) is 1. The van der Waals surface area contributed by atoms with Gasteiger partial charge in [-0.1, -0.05) is 6.07 Å². The Morgan fingerprint density at radius 2 is 2.13 bits per heavy atom. The highest BCUT2D eigenvalue weighted by Crippen LogP contribution is 2.20. The second kappa shape index (κ2) is 4.04. The van der Waals surface area contributed by atoms with E-state index in [0.29, 0.717) is 6.54 Å². The number of hydrogen-bond acceptors (Lipinski definition) is 2. The summed E-state index contributed by atoms with van der Waals surface area (Å²) in [5.74, 6) is 0. The Morgan fingerprint density at radius 3 is 2.80 bits per heavy atom. The van der Waals surface area contributed by atoms with Crippen molar-refractivity contribution < 1.29 is 0 Å². The van der Waals surface area contributed by atoms with E-state index in [2.05, 4.69) is 41.2 Å². The average molecular weight is 203 g/mol. The Morgan fingerprint density at radius 1 is 1.33 bits per heavy atom. The third-order valence-corrected chi connectivity index (χ3v) is 2.80. The summed E-state index contributed by atoms with van der Waals surface area (Å²) in [7, 11) is 4.06. The van der Waals surface area contributed by atoms with Crippen LogP contribution in [0.3, 0.4) is 0 Å². The van der Waals surface area contributed by atoms with Crippen LogP contribution in [0.1, 0.15) is 11.3 Å². The number of nitrogens with one attached hydrogen (secondary N) is 1. The van der Waals surface area contributed by atoms with E-state index in [0.717, 1.165) is 6.54 Å². The van der Waals surface area contributed by atoms with Gasteiger partial charge in [-0.2, -0.15) is 0 Å². The predicted molar refractivity (Wildman–Crippen MR) is 63.6 cm³/mol. The molecule has 0 amide bonds. The molecule has 0 aliphatic carbocycles. The first-order valence-corrected chi connectivity index (χ1v) is 5.18. The number of hydrogen-bond donors (Lipinski definition) is 2. The summed E-state index contributed by atoms with van der Waals surface area (Å²) in [4.78, 5) is 0. The van der Waals surface area contributed by atoms with Crippen LogP contribution in [0.5, 0.6) is 0 Å². The van der Waals surface area contributed by atoms with Crippen molar-refractivity contribution in [2.24, 2.45) is 12.8 Å². The van der Waals surface area contributed by atoms with Crippen LogP contribution in [-0.4, -0.2) is 11.6 Å². The van der Waals surface area contributed by atoms with E-state index < -0.39 is 0 Å². The molecule has 15 heavy (non-hydrogen) atoms. The minimum Gasteiger partial charge on any atom is -0.346 e. The Balaban J connectivity index is 2.55. The zero-order valence-electron chi connectivity index (χ0n) is 9.25. The van der Waals surface area contributed by atoms with Gasteiger partial charge in [-0.3, -0.25) is 0 Å². The van der Waals surface area contributed by atoms with Crippen molar-refractivity contribution in [3.05, 3.63) is 35.5 Å². The first-order chi connectivity index (χ1) is 7.26. The van der Waals surface area contributed by atoms with Crippen LogP contribution in [0.15, 0.2) is 24.3 Å². The molecule has 0 radical (unpaired) electrons. The first-order valence-electron chi connectivity index (χ1n) is 5.18. The number of rotatable bonds is 3. The molecule has 0 aliphatic heterocycles. The molecule has 3 heteroatoms. The Hall–Kier alpha value is -1.32. The molecule has 3 nitrogen and oxygen atoms in total. The molecule has 3 N–H and O–H groups in total. The van der Waals surface area contributed by atoms with Gasteiger partial charge in [0.1, 0.15) is 0 Å². The van der Waals surface area contributed by atoms with Crippen molar-refractivity contribution in [1.82, 2.24) is 9.88 Å². The van der Waals surface area contributed by atoms with E-state index in [1.807, 2.05) is 7.05 Å². The van der Waals surface area contributed by atoms with Crippen LogP contribution in [0.4, 0.5) is 0 Å². The summed E-state index contributed by atoms with van der Waals surface area (Å²) in [6.45, 7) is 1.50. The summed E-state index contributed by atoms with van der Waals surface area (Å²) >= 11 is 0. The molecule has 0 bridgehead atoms. The largest absolute Gasteiger partial charge is 0.346 e. The Kier molecular flexibility index (Phi) is 2.75. The zero-order chi connectivity index (χ0) is 10.8. The molecule has 0 saturated carbocycles. The van der Waals surface area contributed by atoms with Gasteiger partial charge in [0.25, 0.3) is 0 Å². The van der Waals surface area contributed by atoms with Crippen molar-refractivity contribution in [2.75, 3.05) is 7.05 Å². The van der Waals surface area contributed by atoms with E-state index >= 15 is 0 Å². The lowest BCUT2D eigenvalue weighted by Gasteiger charge is -2.03. The van der Waals surface area contributed by atoms with Crippen LogP contribution in [-0.2, 0) is 20.1 Å². The monoisotopic (exact) mass is 203 g/mol. The predicted octanol–water partition coefficient (Wildman–Crippen LogP) is 1.36. The number of nitrogens with zero attached hydrogens (tertiary/aromatic N) is 1. The van der Waals surface area contributed by atoms with Crippen molar-refractivity contribution in [3.63, 3.8) is 0 Å². The molecule has 0 saturated heterocycles. The van der Waals surface area contributed by atoms with Crippen LogP contribution >= 0.6 is 0 Å². The normalized spacial score (nSPS) is 11.1. The maximum absolute atomic E-state index is 5.63. The SMILES string of the molecule is CNCc1cc2cc(CN)ccc2n1C. The maximum atomic E-state index is 5.63. The minimum atomic E-state index is 0.603. The van der Waals surface area contributed by atoms with E-state index in [4.69, 9.17) is 5.73 Å². The van der Waals surface area contributed by atoms with Gasteiger partial charge in [-0.05, 0) is 30.8 Å². The lowest BCUT2D eigenvalue weighted by molar-refractivity contribution is 0.745. The molecule has 2 rings (SSSR count). The smallest absolute Gasteiger partial charge is 0.0480 e. The molecule has 0 atom stereocenters. The van der Waals surface area contributed by atoms with E-state index in [1.165, 1.54) is 22.2 Å². The van der Waals surface area contributed by atoms with Crippen LogP contribution in [0.2, 0.25) is 0 Å². The molecule has 0 spiro atoms. The maximum Gasteiger partial charge on any atom is 0.0480 e. The fourth-order valence-corrected chi connectivity index (χ4v) is 1.93. The molecule has 1 aromatic carbocycles. The fraction of sp³-hybridized carbons (Fsp3) is 0.333. The lowest BCUT2D eigenvalue weighted by Crippen LogP contribution is -2.08. The number of fused-ring (bicyclic) bond motifs is 1. The van der Waals surface area contributed by atoms with Gasteiger partial charge in [-0.15, -0.1) is 0 Å². The lowest BCUT2D eigenvalue weighted by atomic mass is 10.1. The quantitative estimate of drug-likeness (QED) is 0.791. The first kappa shape index (κ1) is 10.2. The van der Waals surface area contributed by atoms with E-state index in [9.17, 15) is 0 Å². The van der Waals surface area contributed by atoms with Gasteiger partial charge in [0.2, 0.25) is 0 Å². The summed E-state index contributed by atoms with van der Waals surface area (Å²) < 4.78 is 2.21. The molecule has 80 valence electrons. The summed E-state index contributed by atoms with van der Waals surface area (Å²) in [5, 5.41) is 4.44. The van der Waals surface area contributed by atoms with Crippen LogP contribution < -0.4 is 11.1 Å². The van der Waals surface area contributed by atoms with Gasteiger partial charge in [0.05, 0.1) is 0 Å². The highest BCUT2D eigenvalue weighted by Gasteiger charge is 2.04. The molecule has 0 fully saturated rings. The Labute approximate surface area is 89.9 Å². The van der Waals surface area contributed by atoms with Gasteiger partial charge < -0.3 is 15.6 Å². The third kappa shape index (κ3) is 1.76. The summed E-state index contributed by atoms with van der Waals surface area (Å²) in [5.41, 5.74) is 9.36. The number of aromatic nitrogens is 1. The van der Waals surface area contributed by atoms with E-state index in [1.54, 1.807) is 0 Å². The van der Waals surface area contributed by atoms with Gasteiger partial charge in [0.15, 0.2) is 0 Å². The van der Waals surface area contributed by atoms with Gasteiger partial charge >= 0.3 is 0 Å². The molecule has 0 unspecified atom stereocenters. The molecule has 0 aliphatic rings. The minimum absolute atomic E-state index is 0.603. The van der Waals surface area contributed by atoms with Crippen LogP contribution in [0, 0.1) is 0 Å². The summed E-state index contributed by atoms with van der Waals surface area (Å²) in [6.07, 6.45) is 0. The highest BCUT2D eigenvalue weighted by molar-refractivity contribution is 5.82. The second-order valence-corrected chi connectivity index (χ2v) is 3.82. The highest BCUT2D eigenvalue weighted by atomic mass is 15.0. The van der Waals surface area contributed by atoms with Crippen molar-refractivity contribution in [1.29, 1.82) is 0 Å². The molecule has 1 heterocycles. The van der Waals surface area contributed by atoms with E-state index in [-0.39, 0.29) is 0 Å². The van der Waals surface area contributed by atoms with Crippen molar-refractivity contribution >= 4 is 10.9 Å². The molecule has 1 aromatic heterocycles. The second-order valence-electron chi connectivity index (χ2n) is 3.82. The fourth-order valence-electron chi connectivity index (χ4n) is 1.93. The molecular formula is C12H17N3. The molecular weight excluding hydrogens is 186 g/mol. The summed E-state index contributed by atoms with van der Waals surface area (Å²) in [6, 6.07) is 8.60. The number of aryl methyl sites for hydroxylation is 1. The van der Waals surface area contributed by atoms with Gasteiger partial charge in [0, 0.05) is 36.7 Å².